The summed E-state index contributed by atoms with van der Waals surface area (Å²) in [7, 11) is 3.64. The van der Waals surface area contributed by atoms with Crippen molar-refractivity contribution in [3.8, 4) is 17.6 Å². The molecular formula is C19H21F3N2O3S. The fourth-order valence-electron chi connectivity index (χ4n) is 2.41. The van der Waals surface area contributed by atoms with E-state index in [1.807, 2.05) is 19.0 Å². The number of rotatable bonds is 7. The van der Waals surface area contributed by atoms with Gasteiger partial charge in [0.25, 0.3) is 0 Å². The van der Waals surface area contributed by atoms with E-state index in [1.165, 1.54) is 23.9 Å². The average Bonchev–Trinajstić information content (AvgIpc) is 3.07. The highest BCUT2D eigenvalue weighted by atomic mass is 32.2. The van der Waals surface area contributed by atoms with Gasteiger partial charge in [0.05, 0.1) is 24.6 Å². The molecule has 0 amide bonds. The molecule has 1 N–H and O–H groups in total. The number of carboxylic acids is 1. The summed E-state index contributed by atoms with van der Waals surface area (Å²) >= 11 is 1.37. The van der Waals surface area contributed by atoms with Gasteiger partial charge in [0.2, 0.25) is 0 Å². The highest BCUT2D eigenvalue weighted by molar-refractivity contribution is 8.02. The monoisotopic (exact) mass is 414 g/mol. The van der Waals surface area contributed by atoms with Gasteiger partial charge in [-0.05, 0) is 38.7 Å². The normalized spacial score (nSPS) is 13.9. The van der Waals surface area contributed by atoms with E-state index < -0.39 is 17.7 Å². The smallest absolute Gasteiger partial charge is 0.420 e. The summed E-state index contributed by atoms with van der Waals surface area (Å²) in [5, 5.41) is 10.6. The number of carbonyl (C=O) groups is 1. The SMILES string of the molecule is CN(C)CC#Cc1ccc(OCCCN2CSC=C2C(=O)O)c(C(F)(F)F)c1. The van der Waals surface area contributed by atoms with Gasteiger partial charge in [-0.25, -0.2) is 4.79 Å². The Balaban J connectivity index is 1.99. The summed E-state index contributed by atoms with van der Waals surface area (Å²) in [5.74, 6) is 4.76. The molecule has 0 aromatic heterocycles. The van der Waals surface area contributed by atoms with Crippen molar-refractivity contribution in [3.05, 3.63) is 40.4 Å². The molecule has 0 atom stereocenters. The van der Waals surface area contributed by atoms with Crippen molar-refractivity contribution in [3.63, 3.8) is 0 Å². The number of carboxylic acid groups (broad SMARTS) is 1. The third kappa shape index (κ3) is 6.39. The van der Waals surface area contributed by atoms with E-state index >= 15 is 0 Å². The van der Waals surface area contributed by atoms with Gasteiger partial charge in [0.1, 0.15) is 11.4 Å². The molecule has 0 unspecified atom stereocenters. The Hall–Kier alpha value is -2.31. The molecule has 2 rings (SSSR count). The lowest BCUT2D eigenvalue weighted by Crippen LogP contribution is -2.26. The number of hydrogen-bond acceptors (Lipinski definition) is 5. The highest BCUT2D eigenvalue weighted by Crippen LogP contribution is 2.37. The van der Waals surface area contributed by atoms with E-state index in [0.29, 0.717) is 25.4 Å². The zero-order valence-corrected chi connectivity index (χ0v) is 16.4. The summed E-state index contributed by atoms with van der Waals surface area (Å²) in [6.45, 7) is 0.880. The van der Waals surface area contributed by atoms with Crippen LogP contribution >= 0.6 is 11.8 Å². The van der Waals surface area contributed by atoms with E-state index in [-0.39, 0.29) is 23.6 Å². The molecule has 0 aliphatic carbocycles. The first-order chi connectivity index (χ1) is 13.2. The van der Waals surface area contributed by atoms with Gasteiger partial charge < -0.3 is 14.7 Å². The van der Waals surface area contributed by atoms with Crippen LogP contribution in [0.25, 0.3) is 0 Å². The van der Waals surface area contributed by atoms with Gasteiger partial charge in [-0.15, -0.1) is 11.8 Å². The van der Waals surface area contributed by atoms with Crippen molar-refractivity contribution in [2.24, 2.45) is 0 Å². The van der Waals surface area contributed by atoms with Crippen LogP contribution in [0, 0.1) is 11.8 Å². The molecule has 9 heteroatoms. The molecule has 0 radical (unpaired) electrons. The molecule has 1 heterocycles. The van der Waals surface area contributed by atoms with Gasteiger partial charge >= 0.3 is 12.1 Å². The summed E-state index contributed by atoms with van der Waals surface area (Å²) in [5.41, 5.74) is -0.402. The van der Waals surface area contributed by atoms with Crippen LogP contribution < -0.4 is 4.74 Å². The Morgan fingerprint density at radius 3 is 2.79 bits per heavy atom. The number of ether oxygens (including phenoxy) is 1. The largest absolute Gasteiger partial charge is 0.493 e. The lowest BCUT2D eigenvalue weighted by Gasteiger charge is -2.19. The zero-order chi connectivity index (χ0) is 20.7. The predicted molar refractivity (Wildman–Crippen MR) is 102 cm³/mol. The summed E-state index contributed by atoms with van der Waals surface area (Å²) in [6.07, 6.45) is -4.16. The molecule has 1 aromatic carbocycles. The van der Waals surface area contributed by atoms with E-state index in [9.17, 15) is 18.0 Å². The van der Waals surface area contributed by atoms with Crippen LogP contribution in [0.1, 0.15) is 17.5 Å². The summed E-state index contributed by atoms with van der Waals surface area (Å²) in [6, 6.07) is 3.76. The molecule has 1 aromatic rings. The fraction of sp³-hybridized carbons (Fsp3) is 0.421. The minimum Gasteiger partial charge on any atom is -0.493 e. The number of alkyl halides is 3. The highest BCUT2D eigenvalue weighted by Gasteiger charge is 2.34. The maximum atomic E-state index is 13.4. The molecule has 0 spiro atoms. The van der Waals surface area contributed by atoms with Crippen LogP contribution in [0.2, 0.25) is 0 Å². The molecular weight excluding hydrogens is 393 g/mol. The Kier molecular flexibility index (Phi) is 7.66. The second-order valence-corrected chi connectivity index (χ2v) is 7.14. The molecule has 1 aliphatic rings. The van der Waals surface area contributed by atoms with Crippen LogP contribution in [-0.2, 0) is 11.0 Å². The first kappa shape index (κ1) is 22.0. The maximum absolute atomic E-state index is 13.4. The first-order valence-electron chi connectivity index (χ1n) is 8.46. The van der Waals surface area contributed by atoms with Crippen LogP contribution in [0.3, 0.4) is 0 Å². The second-order valence-electron chi connectivity index (χ2n) is 6.32. The predicted octanol–water partition coefficient (Wildman–Crippen LogP) is 3.32. The Labute approximate surface area is 166 Å². The Bertz CT molecular complexity index is 798. The fourth-order valence-corrected chi connectivity index (χ4v) is 3.34. The molecule has 0 saturated heterocycles. The van der Waals surface area contributed by atoms with Crippen molar-refractivity contribution in [2.75, 3.05) is 39.7 Å². The van der Waals surface area contributed by atoms with E-state index in [1.54, 1.807) is 10.3 Å². The number of hydrogen-bond donors (Lipinski definition) is 1. The first-order valence-corrected chi connectivity index (χ1v) is 9.51. The van der Waals surface area contributed by atoms with Gasteiger partial charge in [0.15, 0.2) is 0 Å². The number of halogens is 3. The van der Waals surface area contributed by atoms with E-state index in [0.717, 1.165) is 6.07 Å². The van der Waals surface area contributed by atoms with Gasteiger partial charge in [-0.2, -0.15) is 13.2 Å². The third-order valence-electron chi connectivity index (χ3n) is 3.73. The Morgan fingerprint density at radius 2 is 2.14 bits per heavy atom. The maximum Gasteiger partial charge on any atom is 0.420 e. The molecule has 28 heavy (non-hydrogen) atoms. The van der Waals surface area contributed by atoms with Gasteiger partial charge in [0, 0.05) is 17.5 Å². The number of nitrogens with zero attached hydrogens (tertiary/aromatic N) is 2. The van der Waals surface area contributed by atoms with Crippen molar-refractivity contribution in [2.45, 2.75) is 12.6 Å². The molecule has 152 valence electrons. The minimum atomic E-state index is -4.56. The number of thioether (sulfide) groups is 1. The molecule has 0 bridgehead atoms. The van der Waals surface area contributed by atoms with Crippen LogP contribution in [0.4, 0.5) is 13.2 Å². The minimum absolute atomic E-state index is 0.0444. The Morgan fingerprint density at radius 1 is 1.39 bits per heavy atom. The summed E-state index contributed by atoms with van der Waals surface area (Å²) < 4.78 is 45.4. The molecule has 0 fully saturated rings. The van der Waals surface area contributed by atoms with E-state index in [2.05, 4.69) is 11.8 Å². The summed E-state index contributed by atoms with van der Waals surface area (Å²) in [4.78, 5) is 14.5. The van der Waals surface area contributed by atoms with E-state index in [4.69, 9.17) is 9.84 Å². The zero-order valence-electron chi connectivity index (χ0n) is 15.5. The number of benzene rings is 1. The quantitative estimate of drug-likeness (QED) is 0.546. The lowest BCUT2D eigenvalue weighted by molar-refractivity contribution is -0.139. The standard InChI is InChI=1S/C19H21F3N2O3S/c1-23(2)8-3-5-14-6-7-17(15(11-14)19(20,21)22)27-10-4-9-24-13-28-12-16(24)18(25)26/h6-7,11-12H,4,8-10,13H2,1-2H3,(H,25,26). The van der Waals surface area contributed by atoms with Crippen LogP contribution in [0.5, 0.6) is 5.75 Å². The molecule has 5 nitrogen and oxygen atoms in total. The molecule has 1 aliphatic heterocycles. The third-order valence-corrected chi connectivity index (χ3v) is 4.58. The van der Waals surface area contributed by atoms with Crippen molar-refractivity contribution in [1.29, 1.82) is 0 Å². The van der Waals surface area contributed by atoms with Crippen LogP contribution in [0.15, 0.2) is 29.3 Å². The molecule has 0 saturated carbocycles. The van der Waals surface area contributed by atoms with Gasteiger partial charge in [-0.3, -0.25) is 4.90 Å². The number of aliphatic carboxylic acids is 1. The van der Waals surface area contributed by atoms with Crippen molar-refractivity contribution < 1.29 is 27.8 Å². The topological polar surface area (TPSA) is 53.0 Å². The average molecular weight is 414 g/mol. The second kappa shape index (κ2) is 9.75. The lowest BCUT2D eigenvalue weighted by atomic mass is 10.1. The van der Waals surface area contributed by atoms with Crippen molar-refractivity contribution >= 4 is 17.7 Å². The van der Waals surface area contributed by atoms with Crippen LogP contribution in [-0.4, -0.2) is 60.5 Å². The van der Waals surface area contributed by atoms with Crippen molar-refractivity contribution in [1.82, 2.24) is 9.80 Å². The van der Waals surface area contributed by atoms with Gasteiger partial charge in [-0.1, -0.05) is 11.8 Å².